The average Bonchev–Trinajstić information content (AvgIpc) is 3.44. The van der Waals surface area contributed by atoms with Crippen molar-refractivity contribution < 1.29 is 4.42 Å². The van der Waals surface area contributed by atoms with Crippen molar-refractivity contribution in [2.24, 2.45) is 0 Å². The molecule has 6 aromatic carbocycles. The maximum Gasteiger partial charge on any atom is 0.139 e. The van der Waals surface area contributed by atoms with Gasteiger partial charge < -0.3 is 14.2 Å². The summed E-state index contributed by atoms with van der Waals surface area (Å²) in [4.78, 5) is 4.39. The van der Waals surface area contributed by atoms with E-state index in [4.69, 9.17) is 16.0 Å². The van der Waals surface area contributed by atoms with Crippen LogP contribution in [0.4, 0.5) is 34.1 Å². The first-order valence-corrected chi connectivity index (χ1v) is 14.0. The fraction of sp³-hybridized carbons (Fsp3) is 0.0270. The molecule has 0 N–H and O–H groups in total. The molecule has 4 heteroatoms. The van der Waals surface area contributed by atoms with E-state index in [1.807, 2.05) is 60.9 Å². The SMILES string of the molecule is Cc1c2ccccc2cc2c(N(c3ccccc3)c3cccc(N(c4ccccc4)c4ccccc4)c3Cl)coc12. The molecule has 0 spiro atoms. The predicted octanol–water partition coefficient (Wildman–Crippen LogP) is 11.5. The highest BCUT2D eigenvalue weighted by Gasteiger charge is 2.24. The van der Waals surface area contributed by atoms with Crippen molar-refractivity contribution in [3.8, 4) is 0 Å². The van der Waals surface area contributed by atoms with Gasteiger partial charge in [-0.1, -0.05) is 96.5 Å². The van der Waals surface area contributed by atoms with Crippen LogP contribution in [0.15, 0.2) is 150 Å². The summed E-state index contributed by atoms with van der Waals surface area (Å²) in [6, 6.07) is 47.8. The molecular weight excluding hydrogens is 524 g/mol. The molecule has 7 aromatic rings. The average molecular weight is 551 g/mol. The summed E-state index contributed by atoms with van der Waals surface area (Å²) in [5.41, 5.74) is 7.73. The standard InChI is InChI=1S/C37H27ClN2O/c1-26-31-21-12-11-14-27(31)24-32-35(25-41-37(26)32)40(30-19-9-4-10-20-30)34-23-13-22-33(36(34)38)39(28-15-5-2-6-16-28)29-17-7-3-8-18-29/h2-25H,1H3. The molecule has 0 aliphatic heterocycles. The van der Waals surface area contributed by atoms with Gasteiger partial charge in [-0.15, -0.1) is 0 Å². The van der Waals surface area contributed by atoms with Crippen LogP contribution in [0.25, 0.3) is 21.7 Å². The first-order chi connectivity index (χ1) is 20.2. The van der Waals surface area contributed by atoms with Crippen molar-refractivity contribution in [2.75, 3.05) is 9.80 Å². The number of aryl methyl sites for hydroxylation is 1. The van der Waals surface area contributed by atoms with Gasteiger partial charge in [0.2, 0.25) is 0 Å². The van der Waals surface area contributed by atoms with Gasteiger partial charge in [0.25, 0.3) is 0 Å². The molecule has 0 fully saturated rings. The monoisotopic (exact) mass is 550 g/mol. The summed E-state index contributed by atoms with van der Waals surface area (Å²) in [6.07, 6.45) is 1.85. The van der Waals surface area contributed by atoms with Crippen LogP contribution in [0.3, 0.4) is 0 Å². The number of anilines is 6. The molecular formula is C37H27ClN2O. The molecule has 7 rings (SSSR count). The second-order valence-electron chi connectivity index (χ2n) is 10.0. The van der Waals surface area contributed by atoms with E-state index in [9.17, 15) is 0 Å². The van der Waals surface area contributed by atoms with E-state index < -0.39 is 0 Å². The lowest BCUT2D eigenvalue weighted by atomic mass is 10.0. The largest absolute Gasteiger partial charge is 0.462 e. The van der Waals surface area contributed by atoms with E-state index in [1.54, 1.807) is 0 Å². The Morgan fingerprint density at radius 2 is 1.02 bits per heavy atom. The second-order valence-corrected chi connectivity index (χ2v) is 10.4. The molecule has 0 saturated heterocycles. The van der Waals surface area contributed by atoms with Gasteiger partial charge >= 0.3 is 0 Å². The fourth-order valence-electron chi connectivity index (χ4n) is 5.62. The lowest BCUT2D eigenvalue weighted by molar-refractivity contribution is 0.614. The summed E-state index contributed by atoms with van der Waals surface area (Å²) in [6.45, 7) is 2.12. The molecule has 0 unspecified atom stereocenters. The molecule has 0 saturated carbocycles. The highest BCUT2D eigenvalue weighted by Crippen LogP contribution is 2.48. The third-order valence-electron chi connectivity index (χ3n) is 7.54. The van der Waals surface area contributed by atoms with E-state index in [-0.39, 0.29) is 0 Å². The number of benzene rings is 6. The Hall–Kier alpha value is -4.99. The number of rotatable bonds is 6. The minimum Gasteiger partial charge on any atom is -0.462 e. The number of hydrogen-bond donors (Lipinski definition) is 0. The molecule has 198 valence electrons. The molecule has 0 radical (unpaired) electrons. The summed E-state index contributed by atoms with van der Waals surface area (Å²) in [7, 11) is 0. The molecule has 3 nitrogen and oxygen atoms in total. The molecule has 1 aromatic heterocycles. The second kappa shape index (κ2) is 10.5. The highest BCUT2D eigenvalue weighted by atomic mass is 35.5. The molecule has 0 aliphatic rings. The van der Waals surface area contributed by atoms with Crippen LogP contribution in [0.2, 0.25) is 5.02 Å². The van der Waals surface area contributed by atoms with E-state index in [2.05, 4.69) is 102 Å². The molecule has 1 heterocycles. The van der Waals surface area contributed by atoms with Gasteiger partial charge in [-0.05, 0) is 72.3 Å². The number of furan rings is 1. The third-order valence-corrected chi connectivity index (χ3v) is 7.93. The van der Waals surface area contributed by atoms with E-state index in [1.165, 1.54) is 10.8 Å². The zero-order chi connectivity index (χ0) is 27.8. The molecule has 0 aliphatic carbocycles. The quantitative estimate of drug-likeness (QED) is 0.205. The maximum absolute atomic E-state index is 7.43. The summed E-state index contributed by atoms with van der Waals surface area (Å²) >= 11 is 7.43. The van der Waals surface area contributed by atoms with Crippen molar-refractivity contribution in [1.82, 2.24) is 0 Å². The van der Waals surface area contributed by atoms with E-state index in [0.717, 1.165) is 50.7 Å². The topological polar surface area (TPSA) is 19.6 Å². The van der Waals surface area contributed by atoms with Crippen LogP contribution in [-0.4, -0.2) is 0 Å². The molecule has 41 heavy (non-hydrogen) atoms. The number of nitrogens with zero attached hydrogens (tertiary/aromatic N) is 2. The van der Waals surface area contributed by atoms with Crippen molar-refractivity contribution >= 4 is 67.5 Å². The smallest absolute Gasteiger partial charge is 0.139 e. The molecule has 0 amide bonds. The van der Waals surface area contributed by atoms with Crippen LogP contribution < -0.4 is 9.80 Å². The normalized spacial score (nSPS) is 11.2. The van der Waals surface area contributed by atoms with Gasteiger partial charge in [0.1, 0.15) is 11.8 Å². The Morgan fingerprint density at radius 3 is 1.63 bits per heavy atom. The van der Waals surface area contributed by atoms with Gasteiger partial charge in [-0.3, -0.25) is 0 Å². The van der Waals surface area contributed by atoms with Crippen molar-refractivity contribution in [3.05, 3.63) is 156 Å². The van der Waals surface area contributed by atoms with Gasteiger partial charge in [0.05, 0.1) is 22.1 Å². The Kier molecular flexibility index (Phi) is 6.42. The zero-order valence-corrected chi connectivity index (χ0v) is 23.3. The van der Waals surface area contributed by atoms with E-state index in [0.29, 0.717) is 5.02 Å². The third kappa shape index (κ3) is 4.41. The van der Waals surface area contributed by atoms with Crippen molar-refractivity contribution in [2.45, 2.75) is 6.92 Å². The lowest BCUT2D eigenvalue weighted by Crippen LogP contribution is -2.14. The number of halogens is 1. The Balaban J connectivity index is 1.47. The van der Waals surface area contributed by atoms with Crippen LogP contribution in [-0.2, 0) is 0 Å². The summed E-state index contributed by atoms with van der Waals surface area (Å²) in [5, 5.41) is 4.03. The zero-order valence-electron chi connectivity index (χ0n) is 22.5. The lowest BCUT2D eigenvalue weighted by Gasteiger charge is -2.30. The van der Waals surface area contributed by atoms with Gasteiger partial charge in [-0.2, -0.15) is 0 Å². The fourth-order valence-corrected chi connectivity index (χ4v) is 5.92. The minimum absolute atomic E-state index is 0.635. The van der Waals surface area contributed by atoms with Crippen molar-refractivity contribution in [3.63, 3.8) is 0 Å². The number of fused-ring (bicyclic) bond motifs is 2. The van der Waals surface area contributed by atoms with Crippen molar-refractivity contribution in [1.29, 1.82) is 0 Å². The first-order valence-electron chi connectivity index (χ1n) is 13.6. The van der Waals surface area contributed by atoms with Crippen LogP contribution in [0, 0.1) is 6.92 Å². The van der Waals surface area contributed by atoms with Gasteiger partial charge in [0.15, 0.2) is 0 Å². The Labute approximate surface area is 244 Å². The highest BCUT2D eigenvalue weighted by molar-refractivity contribution is 6.36. The van der Waals surface area contributed by atoms with Gasteiger partial charge in [0, 0.05) is 28.0 Å². The predicted molar refractivity (Wildman–Crippen MR) is 173 cm³/mol. The Morgan fingerprint density at radius 1 is 0.512 bits per heavy atom. The van der Waals surface area contributed by atoms with Crippen LogP contribution >= 0.6 is 11.6 Å². The number of para-hydroxylation sites is 3. The van der Waals surface area contributed by atoms with Crippen LogP contribution in [0.5, 0.6) is 0 Å². The minimum atomic E-state index is 0.635. The first kappa shape index (κ1) is 25.0. The maximum atomic E-state index is 7.43. The number of hydrogen-bond acceptors (Lipinski definition) is 3. The van der Waals surface area contributed by atoms with E-state index >= 15 is 0 Å². The van der Waals surface area contributed by atoms with Gasteiger partial charge in [-0.25, -0.2) is 0 Å². The summed E-state index contributed by atoms with van der Waals surface area (Å²) in [5.74, 6) is 0. The molecule has 0 atom stereocenters. The Bertz CT molecular complexity index is 1930. The summed E-state index contributed by atoms with van der Waals surface area (Å²) < 4.78 is 6.27. The molecule has 0 bridgehead atoms. The van der Waals surface area contributed by atoms with Crippen LogP contribution in [0.1, 0.15) is 5.56 Å².